The molecule has 1 aromatic carbocycles. The highest BCUT2D eigenvalue weighted by atomic mass is 79.9. The molecule has 164 valence electrons. The molecule has 0 amide bonds. The van der Waals surface area contributed by atoms with E-state index in [2.05, 4.69) is 15.9 Å². The molecule has 0 bridgehead atoms. The molecule has 2 aromatic rings. The van der Waals surface area contributed by atoms with Crippen molar-refractivity contribution in [2.24, 2.45) is 0 Å². The van der Waals surface area contributed by atoms with Gasteiger partial charge in [0, 0.05) is 22.0 Å². The van der Waals surface area contributed by atoms with Crippen molar-refractivity contribution < 1.29 is 39.6 Å². The standard InChI is InChI=1S/C17H18BrNO9S2/c1-17(2)26-15-12(18)7-10(14(16(15)27-17)28-30(23,24)25)11-8-19(29(20,21)22)13-6-4-3-5-9(11)13/h3-8,10,14-16H,1-2H3,(H,20,21,22)(H,23,24,25)/t10-,14-,15-,16+/m1/s1. The minimum atomic E-state index is -4.89. The molecule has 2 heterocycles. The van der Waals surface area contributed by atoms with E-state index in [4.69, 9.17) is 13.7 Å². The average Bonchev–Trinajstić information content (AvgIpc) is 3.14. The Morgan fingerprint density at radius 1 is 1.13 bits per heavy atom. The zero-order chi connectivity index (χ0) is 22.1. The largest absolute Gasteiger partial charge is 0.397 e. The van der Waals surface area contributed by atoms with Crippen LogP contribution >= 0.6 is 15.9 Å². The molecular weight excluding hydrogens is 506 g/mol. The molecule has 1 fully saturated rings. The van der Waals surface area contributed by atoms with Crippen LogP contribution in [0.1, 0.15) is 25.3 Å². The number of rotatable bonds is 4. The van der Waals surface area contributed by atoms with Crippen molar-refractivity contribution in [2.45, 2.75) is 43.9 Å². The normalized spacial score (nSPS) is 29.0. The topological polar surface area (TPSA) is 141 Å². The zero-order valence-corrected chi connectivity index (χ0v) is 18.9. The van der Waals surface area contributed by atoms with Crippen LogP contribution in [0.2, 0.25) is 0 Å². The monoisotopic (exact) mass is 523 g/mol. The van der Waals surface area contributed by atoms with Gasteiger partial charge in [0.25, 0.3) is 0 Å². The van der Waals surface area contributed by atoms with Gasteiger partial charge >= 0.3 is 20.7 Å². The van der Waals surface area contributed by atoms with Gasteiger partial charge in [0.05, 0.1) is 5.52 Å². The molecule has 0 spiro atoms. The van der Waals surface area contributed by atoms with Gasteiger partial charge < -0.3 is 9.47 Å². The Kier molecular flexibility index (Phi) is 5.18. The number of benzene rings is 1. The molecule has 1 aliphatic heterocycles. The first-order valence-electron chi connectivity index (χ1n) is 8.73. The van der Waals surface area contributed by atoms with Crippen molar-refractivity contribution in [3.05, 3.63) is 46.6 Å². The van der Waals surface area contributed by atoms with E-state index < -0.39 is 50.7 Å². The Bertz CT molecular complexity index is 1250. The van der Waals surface area contributed by atoms with Crippen molar-refractivity contribution in [3.63, 3.8) is 0 Å². The second-order valence-electron chi connectivity index (χ2n) is 7.46. The van der Waals surface area contributed by atoms with Gasteiger partial charge in [-0.3, -0.25) is 9.11 Å². The summed E-state index contributed by atoms with van der Waals surface area (Å²) < 4.78 is 83.8. The van der Waals surface area contributed by atoms with E-state index in [1.807, 2.05) is 0 Å². The molecule has 13 heteroatoms. The van der Waals surface area contributed by atoms with E-state index in [0.717, 1.165) is 0 Å². The van der Waals surface area contributed by atoms with E-state index in [0.29, 0.717) is 19.4 Å². The van der Waals surface area contributed by atoms with Crippen molar-refractivity contribution >= 4 is 47.5 Å². The van der Waals surface area contributed by atoms with Gasteiger partial charge in [-0.05, 0) is 25.5 Å². The third-order valence-corrected chi connectivity index (χ3v) is 6.95. The maximum absolute atomic E-state index is 11.9. The van der Waals surface area contributed by atoms with Gasteiger partial charge in [-0.25, -0.2) is 8.16 Å². The first kappa shape index (κ1) is 21.9. The van der Waals surface area contributed by atoms with Crippen LogP contribution in [-0.2, 0) is 34.4 Å². The lowest BCUT2D eigenvalue weighted by Crippen LogP contribution is -2.45. The summed E-state index contributed by atoms with van der Waals surface area (Å²) in [5.74, 6) is -1.92. The lowest BCUT2D eigenvalue weighted by molar-refractivity contribution is -0.151. The van der Waals surface area contributed by atoms with Crippen LogP contribution in [-0.4, -0.2) is 54.0 Å². The Balaban J connectivity index is 1.93. The van der Waals surface area contributed by atoms with E-state index in [1.54, 1.807) is 38.1 Å². The van der Waals surface area contributed by atoms with E-state index in [9.17, 15) is 25.9 Å². The molecule has 10 nitrogen and oxygen atoms in total. The number of fused-ring (bicyclic) bond motifs is 2. The highest BCUT2D eigenvalue weighted by molar-refractivity contribution is 9.11. The first-order valence-corrected chi connectivity index (χ1v) is 12.3. The number of nitrogens with zero attached hydrogens (tertiary/aromatic N) is 1. The number of halogens is 1. The fourth-order valence-corrected chi connectivity index (χ4v) is 5.77. The molecule has 0 saturated carbocycles. The van der Waals surface area contributed by atoms with Crippen LogP contribution in [0.4, 0.5) is 0 Å². The van der Waals surface area contributed by atoms with Crippen LogP contribution in [0, 0.1) is 0 Å². The van der Waals surface area contributed by atoms with Crippen LogP contribution in [0.5, 0.6) is 0 Å². The summed E-state index contributed by atoms with van der Waals surface area (Å²) in [6.45, 7) is 3.30. The number of para-hydroxylation sites is 1. The molecule has 2 aliphatic rings. The highest BCUT2D eigenvalue weighted by Crippen LogP contribution is 2.47. The van der Waals surface area contributed by atoms with Gasteiger partial charge in [-0.1, -0.05) is 40.2 Å². The second kappa shape index (κ2) is 7.10. The summed E-state index contributed by atoms with van der Waals surface area (Å²) in [5, 5.41) is 0.442. The Hall–Kier alpha value is -1.32. The molecule has 4 rings (SSSR count). The number of ether oxygens (including phenoxy) is 2. The zero-order valence-electron chi connectivity index (χ0n) is 15.7. The summed E-state index contributed by atoms with van der Waals surface area (Å²) in [7, 11) is -9.52. The number of aromatic nitrogens is 1. The maximum Gasteiger partial charge on any atom is 0.397 e. The van der Waals surface area contributed by atoms with Crippen molar-refractivity contribution in [1.82, 2.24) is 3.97 Å². The van der Waals surface area contributed by atoms with E-state index in [1.165, 1.54) is 12.3 Å². The summed E-state index contributed by atoms with van der Waals surface area (Å²) in [6, 6.07) is 6.38. The van der Waals surface area contributed by atoms with Gasteiger partial charge in [-0.2, -0.15) is 16.8 Å². The second-order valence-corrected chi connectivity index (χ2v) is 10.7. The molecule has 1 aromatic heterocycles. The number of hydrogen-bond acceptors (Lipinski definition) is 7. The van der Waals surface area contributed by atoms with Crippen molar-refractivity contribution in [2.75, 3.05) is 0 Å². The predicted molar refractivity (Wildman–Crippen MR) is 109 cm³/mol. The molecule has 1 aliphatic carbocycles. The Morgan fingerprint density at radius 2 is 1.80 bits per heavy atom. The SMILES string of the molecule is CC1(C)O[C@H]2[C@H](OS(=O)(=O)O)[C@@H](c3cn(S(=O)(=O)O)c4ccccc34)C=C(Br)[C@H]2O1. The Labute approximate surface area is 181 Å². The van der Waals surface area contributed by atoms with Gasteiger partial charge in [-0.15, -0.1) is 0 Å². The fraction of sp³-hybridized carbons (Fsp3) is 0.412. The fourth-order valence-electron chi connectivity index (χ4n) is 3.96. The summed E-state index contributed by atoms with van der Waals surface area (Å²) in [5.41, 5.74) is 0.539. The lowest BCUT2D eigenvalue weighted by atomic mass is 9.83. The molecule has 30 heavy (non-hydrogen) atoms. The highest BCUT2D eigenvalue weighted by Gasteiger charge is 2.53. The van der Waals surface area contributed by atoms with Crippen molar-refractivity contribution in [1.29, 1.82) is 0 Å². The summed E-state index contributed by atoms with van der Waals surface area (Å²) in [4.78, 5) is 0. The van der Waals surface area contributed by atoms with Crippen LogP contribution < -0.4 is 0 Å². The minimum Gasteiger partial charge on any atom is -0.341 e. The smallest absolute Gasteiger partial charge is 0.341 e. The van der Waals surface area contributed by atoms with Crippen LogP contribution in [0.25, 0.3) is 10.9 Å². The van der Waals surface area contributed by atoms with Crippen molar-refractivity contribution in [3.8, 4) is 0 Å². The summed E-state index contributed by atoms with van der Waals surface area (Å²) >= 11 is 3.42. The van der Waals surface area contributed by atoms with Crippen LogP contribution in [0.3, 0.4) is 0 Å². The Morgan fingerprint density at radius 3 is 2.43 bits per heavy atom. The van der Waals surface area contributed by atoms with E-state index in [-0.39, 0.29) is 5.52 Å². The third-order valence-electron chi connectivity index (χ3n) is 4.97. The molecule has 4 atom stereocenters. The van der Waals surface area contributed by atoms with Gasteiger partial charge in [0.1, 0.15) is 18.3 Å². The molecule has 2 N–H and O–H groups in total. The van der Waals surface area contributed by atoms with Gasteiger partial charge in [0.15, 0.2) is 5.79 Å². The summed E-state index contributed by atoms with van der Waals surface area (Å²) in [6.07, 6.45) is -0.105. The third kappa shape index (κ3) is 3.96. The quantitative estimate of drug-likeness (QED) is 0.577. The average molecular weight is 524 g/mol. The molecular formula is C17H18BrNO9S2. The number of hydrogen-bond donors (Lipinski definition) is 2. The predicted octanol–water partition coefficient (Wildman–Crippen LogP) is 2.38. The lowest BCUT2D eigenvalue weighted by Gasteiger charge is -2.34. The first-order chi connectivity index (χ1) is 13.8. The van der Waals surface area contributed by atoms with Crippen LogP contribution in [0.15, 0.2) is 41.0 Å². The van der Waals surface area contributed by atoms with E-state index >= 15 is 0 Å². The molecule has 0 unspecified atom stereocenters. The molecule has 1 saturated heterocycles. The molecule has 0 radical (unpaired) electrons. The maximum atomic E-state index is 11.9. The minimum absolute atomic E-state index is 0.191. The van der Waals surface area contributed by atoms with Gasteiger partial charge in [0.2, 0.25) is 0 Å².